The third-order valence-electron chi connectivity index (χ3n) is 3.32. The van der Waals surface area contributed by atoms with E-state index in [9.17, 15) is 4.39 Å². The zero-order valence-corrected chi connectivity index (χ0v) is 11.2. The fraction of sp³-hybridized carbons (Fsp3) is 0.538. The maximum atomic E-state index is 13.6. The molecule has 3 nitrogen and oxygen atoms in total. The lowest BCUT2D eigenvalue weighted by Gasteiger charge is -2.35. The number of hydrogen-bond acceptors (Lipinski definition) is 3. The van der Waals surface area contributed by atoms with E-state index in [4.69, 9.17) is 22.1 Å². The van der Waals surface area contributed by atoms with Gasteiger partial charge in [0.1, 0.15) is 5.82 Å². The van der Waals surface area contributed by atoms with Crippen LogP contribution in [0.25, 0.3) is 0 Å². The molecule has 1 saturated heterocycles. The summed E-state index contributed by atoms with van der Waals surface area (Å²) in [5, 5.41) is 0.608. The average molecular weight is 273 g/mol. The summed E-state index contributed by atoms with van der Waals surface area (Å²) in [6, 6.07) is 3.37. The van der Waals surface area contributed by atoms with Gasteiger partial charge in [0.05, 0.1) is 13.2 Å². The minimum Gasteiger partial charge on any atom is -0.378 e. The van der Waals surface area contributed by atoms with Crippen LogP contribution in [0, 0.1) is 12.7 Å². The van der Waals surface area contributed by atoms with E-state index in [-0.39, 0.29) is 11.9 Å². The Hall–Kier alpha value is -0.680. The Bertz CT molecular complexity index is 428. The molecule has 1 aromatic rings. The molecule has 1 aliphatic heterocycles. The van der Waals surface area contributed by atoms with Gasteiger partial charge in [-0.15, -0.1) is 0 Å². The SMILES string of the molecule is Cc1cc(Cl)c(CN2CCOCC2CN)cc1F. The Labute approximate surface area is 112 Å². The average Bonchev–Trinajstić information content (AvgIpc) is 2.36. The van der Waals surface area contributed by atoms with Crippen molar-refractivity contribution in [3.8, 4) is 0 Å². The van der Waals surface area contributed by atoms with Crippen LogP contribution in [0.5, 0.6) is 0 Å². The topological polar surface area (TPSA) is 38.5 Å². The third-order valence-corrected chi connectivity index (χ3v) is 3.67. The molecule has 1 unspecified atom stereocenters. The molecule has 2 rings (SSSR count). The zero-order chi connectivity index (χ0) is 13.1. The Morgan fingerprint density at radius 3 is 3.06 bits per heavy atom. The van der Waals surface area contributed by atoms with Gasteiger partial charge in [-0.25, -0.2) is 4.39 Å². The molecule has 0 saturated carbocycles. The minimum absolute atomic E-state index is 0.180. The van der Waals surface area contributed by atoms with E-state index >= 15 is 0 Å². The third kappa shape index (κ3) is 3.01. The second-order valence-corrected chi connectivity index (χ2v) is 5.03. The highest BCUT2D eigenvalue weighted by Crippen LogP contribution is 2.23. The summed E-state index contributed by atoms with van der Waals surface area (Å²) >= 11 is 6.16. The molecule has 0 radical (unpaired) electrons. The predicted octanol–water partition coefficient (Wildman–Crippen LogP) is 1.95. The number of halogens is 2. The van der Waals surface area contributed by atoms with E-state index < -0.39 is 0 Å². The molecule has 2 N–H and O–H groups in total. The van der Waals surface area contributed by atoms with Crippen LogP contribution < -0.4 is 5.73 Å². The Morgan fingerprint density at radius 2 is 2.33 bits per heavy atom. The maximum Gasteiger partial charge on any atom is 0.126 e. The van der Waals surface area contributed by atoms with E-state index in [0.29, 0.717) is 36.9 Å². The van der Waals surface area contributed by atoms with Gasteiger partial charge in [-0.3, -0.25) is 4.90 Å². The summed E-state index contributed by atoms with van der Waals surface area (Å²) in [5.41, 5.74) is 7.09. The Morgan fingerprint density at radius 1 is 1.56 bits per heavy atom. The van der Waals surface area contributed by atoms with Crippen LogP contribution in [-0.4, -0.2) is 37.2 Å². The molecule has 0 bridgehead atoms. The van der Waals surface area contributed by atoms with Crippen LogP contribution in [0.4, 0.5) is 4.39 Å². The molecule has 5 heteroatoms. The normalized spacial score (nSPS) is 21.2. The molecule has 1 heterocycles. The van der Waals surface area contributed by atoms with Crippen LogP contribution >= 0.6 is 11.6 Å². The highest BCUT2D eigenvalue weighted by Gasteiger charge is 2.22. The number of ether oxygens (including phenoxy) is 1. The largest absolute Gasteiger partial charge is 0.378 e. The monoisotopic (exact) mass is 272 g/mol. The number of rotatable bonds is 3. The first-order valence-electron chi connectivity index (χ1n) is 6.08. The van der Waals surface area contributed by atoms with Crippen LogP contribution in [0.2, 0.25) is 5.02 Å². The number of benzene rings is 1. The van der Waals surface area contributed by atoms with E-state index in [1.54, 1.807) is 13.0 Å². The van der Waals surface area contributed by atoms with Gasteiger partial charge >= 0.3 is 0 Å². The second kappa shape index (κ2) is 5.97. The van der Waals surface area contributed by atoms with Gasteiger partial charge in [-0.05, 0) is 30.2 Å². The molecule has 1 aromatic carbocycles. The maximum absolute atomic E-state index is 13.6. The molecule has 100 valence electrons. The van der Waals surface area contributed by atoms with Crippen molar-refractivity contribution >= 4 is 11.6 Å². The summed E-state index contributed by atoms with van der Waals surface area (Å²) in [5.74, 6) is -0.216. The van der Waals surface area contributed by atoms with Gasteiger partial charge < -0.3 is 10.5 Å². The molecule has 0 aromatic heterocycles. The first-order chi connectivity index (χ1) is 8.61. The zero-order valence-electron chi connectivity index (χ0n) is 10.5. The van der Waals surface area contributed by atoms with Gasteiger partial charge in [0.2, 0.25) is 0 Å². The second-order valence-electron chi connectivity index (χ2n) is 4.63. The number of nitrogens with two attached hydrogens (primary N) is 1. The number of morpholine rings is 1. The van der Waals surface area contributed by atoms with E-state index in [1.807, 2.05) is 0 Å². The standard InChI is InChI=1S/C13H18ClFN2O/c1-9-4-12(14)10(5-13(9)15)7-17-2-3-18-8-11(17)6-16/h4-5,11H,2-3,6-8,16H2,1H3. The smallest absolute Gasteiger partial charge is 0.126 e. The van der Waals surface area contributed by atoms with E-state index in [2.05, 4.69) is 4.90 Å². The van der Waals surface area contributed by atoms with E-state index in [0.717, 1.165) is 12.1 Å². The fourth-order valence-corrected chi connectivity index (χ4v) is 2.42. The molecule has 0 aliphatic carbocycles. The van der Waals surface area contributed by atoms with Crippen LogP contribution in [0.1, 0.15) is 11.1 Å². The summed E-state index contributed by atoms with van der Waals surface area (Å²) in [4.78, 5) is 2.19. The molecule has 1 aliphatic rings. The van der Waals surface area contributed by atoms with Crippen molar-refractivity contribution in [3.63, 3.8) is 0 Å². The number of hydrogen-bond donors (Lipinski definition) is 1. The van der Waals surface area contributed by atoms with Crippen molar-refractivity contribution in [3.05, 3.63) is 34.1 Å². The lowest BCUT2D eigenvalue weighted by Crippen LogP contribution is -2.48. The number of aryl methyl sites for hydroxylation is 1. The van der Waals surface area contributed by atoms with Crippen molar-refractivity contribution in [2.24, 2.45) is 5.73 Å². The molecule has 0 spiro atoms. The molecule has 18 heavy (non-hydrogen) atoms. The lowest BCUT2D eigenvalue weighted by molar-refractivity contribution is -0.00794. The van der Waals surface area contributed by atoms with Gasteiger partial charge in [-0.1, -0.05) is 11.6 Å². The van der Waals surface area contributed by atoms with Crippen LogP contribution in [0.15, 0.2) is 12.1 Å². The molecular formula is C13H18ClFN2O. The molecule has 1 atom stereocenters. The van der Waals surface area contributed by atoms with Gasteiger partial charge in [0.25, 0.3) is 0 Å². The molecule has 1 fully saturated rings. The van der Waals surface area contributed by atoms with Crippen molar-refractivity contribution < 1.29 is 9.13 Å². The first-order valence-corrected chi connectivity index (χ1v) is 6.46. The van der Waals surface area contributed by atoms with Crippen LogP contribution in [0.3, 0.4) is 0 Å². The summed E-state index contributed by atoms with van der Waals surface area (Å²) in [6.45, 7) is 4.97. The fourth-order valence-electron chi connectivity index (χ4n) is 2.14. The molecular weight excluding hydrogens is 255 g/mol. The van der Waals surface area contributed by atoms with E-state index in [1.165, 1.54) is 6.07 Å². The van der Waals surface area contributed by atoms with Crippen molar-refractivity contribution in [1.82, 2.24) is 4.90 Å². The number of nitrogens with zero attached hydrogens (tertiary/aromatic N) is 1. The summed E-state index contributed by atoms with van der Waals surface area (Å²) in [7, 11) is 0. The van der Waals surface area contributed by atoms with Crippen molar-refractivity contribution in [1.29, 1.82) is 0 Å². The molecule has 0 amide bonds. The Kier molecular flexibility index (Phi) is 4.56. The quantitative estimate of drug-likeness (QED) is 0.914. The predicted molar refractivity (Wildman–Crippen MR) is 70.2 cm³/mol. The van der Waals surface area contributed by atoms with Gasteiger partial charge in [0.15, 0.2) is 0 Å². The Balaban J connectivity index is 2.15. The highest BCUT2D eigenvalue weighted by atomic mass is 35.5. The lowest BCUT2D eigenvalue weighted by atomic mass is 10.1. The summed E-state index contributed by atoms with van der Waals surface area (Å²) < 4.78 is 19.0. The highest BCUT2D eigenvalue weighted by molar-refractivity contribution is 6.31. The minimum atomic E-state index is -0.216. The van der Waals surface area contributed by atoms with Crippen molar-refractivity contribution in [2.75, 3.05) is 26.3 Å². The van der Waals surface area contributed by atoms with Gasteiger partial charge in [0, 0.05) is 30.7 Å². The van der Waals surface area contributed by atoms with Gasteiger partial charge in [-0.2, -0.15) is 0 Å². The van der Waals surface area contributed by atoms with Crippen LogP contribution in [-0.2, 0) is 11.3 Å². The first kappa shape index (κ1) is 13.7. The van der Waals surface area contributed by atoms with Crippen molar-refractivity contribution in [2.45, 2.75) is 19.5 Å². The summed E-state index contributed by atoms with van der Waals surface area (Å²) in [6.07, 6.45) is 0.